The molecular formula is C15H20FN3O. The standard InChI is InChI=1S/C15H20FN3O/c1-3-11(2)19-15(20)6-7-18-10-13-8-12(9-17)4-5-14(13)16/h4-5,8,11,18H,3,6-7,10H2,1-2H3,(H,19,20). The molecule has 0 aromatic heterocycles. The van der Waals surface area contributed by atoms with Crippen molar-refractivity contribution in [3.8, 4) is 6.07 Å². The minimum Gasteiger partial charge on any atom is -0.354 e. The Bertz CT molecular complexity index is 496. The van der Waals surface area contributed by atoms with Crippen LogP contribution in [0.1, 0.15) is 37.8 Å². The molecule has 0 heterocycles. The van der Waals surface area contributed by atoms with Gasteiger partial charge in [0.25, 0.3) is 0 Å². The Balaban J connectivity index is 2.35. The van der Waals surface area contributed by atoms with E-state index < -0.39 is 0 Å². The van der Waals surface area contributed by atoms with E-state index in [1.807, 2.05) is 19.9 Å². The van der Waals surface area contributed by atoms with Crippen LogP contribution in [0.25, 0.3) is 0 Å². The van der Waals surface area contributed by atoms with Crippen LogP contribution < -0.4 is 10.6 Å². The molecule has 0 saturated carbocycles. The van der Waals surface area contributed by atoms with Crippen LogP contribution in [0, 0.1) is 17.1 Å². The molecule has 0 spiro atoms. The van der Waals surface area contributed by atoms with Gasteiger partial charge in [0.15, 0.2) is 0 Å². The maximum Gasteiger partial charge on any atom is 0.221 e. The van der Waals surface area contributed by atoms with Gasteiger partial charge in [-0.2, -0.15) is 5.26 Å². The zero-order chi connectivity index (χ0) is 15.0. The van der Waals surface area contributed by atoms with Gasteiger partial charge in [0.05, 0.1) is 11.6 Å². The first-order chi connectivity index (χ1) is 9.56. The van der Waals surface area contributed by atoms with Gasteiger partial charge in [-0.1, -0.05) is 6.92 Å². The third-order valence-electron chi connectivity index (χ3n) is 3.04. The van der Waals surface area contributed by atoms with Crippen molar-refractivity contribution in [2.45, 2.75) is 39.3 Å². The van der Waals surface area contributed by atoms with Gasteiger partial charge in [-0.3, -0.25) is 4.79 Å². The molecule has 0 saturated heterocycles. The maximum atomic E-state index is 13.5. The van der Waals surface area contributed by atoms with Crippen LogP contribution in [0.15, 0.2) is 18.2 Å². The Morgan fingerprint density at radius 2 is 2.25 bits per heavy atom. The predicted molar refractivity (Wildman–Crippen MR) is 75.3 cm³/mol. The van der Waals surface area contributed by atoms with E-state index in [2.05, 4.69) is 10.6 Å². The molecule has 0 aliphatic rings. The summed E-state index contributed by atoms with van der Waals surface area (Å²) in [5.41, 5.74) is 0.865. The number of benzene rings is 1. The largest absolute Gasteiger partial charge is 0.354 e. The van der Waals surface area contributed by atoms with E-state index >= 15 is 0 Å². The molecule has 1 rings (SSSR count). The Kier molecular flexibility index (Phi) is 6.68. The fraction of sp³-hybridized carbons (Fsp3) is 0.467. The van der Waals surface area contributed by atoms with Crippen molar-refractivity contribution in [2.75, 3.05) is 6.54 Å². The summed E-state index contributed by atoms with van der Waals surface area (Å²) >= 11 is 0. The normalized spacial score (nSPS) is 11.7. The minimum absolute atomic E-state index is 0.0157. The van der Waals surface area contributed by atoms with Gasteiger partial charge < -0.3 is 10.6 Å². The zero-order valence-corrected chi connectivity index (χ0v) is 11.9. The Labute approximate surface area is 119 Å². The van der Waals surface area contributed by atoms with E-state index in [1.165, 1.54) is 18.2 Å². The summed E-state index contributed by atoms with van der Waals surface area (Å²) in [6.07, 6.45) is 1.25. The summed E-state index contributed by atoms with van der Waals surface area (Å²) in [6.45, 7) is 4.73. The first kappa shape index (κ1) is 16.1. The third-order valence-corrected chi connectivity index (χ3v) is 3.04. The molecular weight excluding hydrogens is 257 g/mol. The van der Waals surface area contributed by atoms with Crippen LogP contribution in [0.2, 0.25) is 0 Å². The molecule has 20 heavy (non-hydrogen) atoms. The number of rotatable bonds is 7. The highest BCUT2D eigenvalue weighted by molar-refractivity contribution is 5.76. The zero-order valence-electron chi connectivity index (χ0n) is 11.9. The van der Waals surface area contributed by atoms with Gasteiger partial charge in [-0.05, 0) is 31.5 Å². The molecule has 1 atom stereocenters. The van der Waals surface area contributed by atoms with E-state index in [9.17, 15) is 9.18 Å². The minimum atomic E-state index is -0.347. The first-order valence-corrected chi connectivity index (χ1v) is 6.75. The van der Waals surface area contributed by atoms with Crippen molar-refractivity contribution in [3.63, 3.8) is 0 Å². The Hall–Kier alpha value is -1.93. The molecule has 1 unspecified atom stereocenters. The lowest BCUT2D eigenvalue weighted by molar-refractivity contribution is -0.121. The van der Waals surface area contributed by atoms with Crippen LogP contribution in [-0.4, -0.2) is 18.5 Å². The van der Waals surface area contributed by atoms with Gasteiger partial charge >= 0.3 is 0 Å². The van der Waals surface area contributed by atoms with Crippen LogP contribution in [0.3, 0.4) is 0 Å². The SMILES string of the molecule is CCC(C)NC(=O)CCNCc1cc(C#N)ccc1F. The summed E-state index contributed by atoms with van der Waals surface area (Å²) in [5, 5.41) is 14.6. The molecule has 108 valence electrons. The maximum absolute atomic E-state index is 13.5. The molecule has 1 amide bonds. The number of hydrogen-bond acceptors (Lipinski definition) is 3. The van der Waals surface area contributed by atoms with Gasteiger partial charge in [-0.25, -0.2) is 4.39 Å². The van der Waals surface area contributed by atoms with Crippen LogP contribution >= 0.6 is 0 Å². The van der Waals surface area contributed by atoms with Gasteiger partial charge in [0.2, 0.25) is 5.91 Å². The Morgan fingerprint density at radius 3 is 2.90 bits per heavy atom. The van der Waals surface area contributed by atoms with E-state index in [-0.39, 0.29) is 17.8 Å². The lowest BCUT2D eigenvalue weighted by Gasteiger charge is -2.11. The van der Waals surface area contributed by atoms with Crippen molar-refractivity contribution >= 4 is 5.91 Å². The van der Waals surface area contributed by atoms with Crippen molar-refractivity contribution < 1.29 is 9.18 Å². The smallest absolute Gasteiger partial charge is 0.221 e. The predicted octanol–water partition coefficient (Wildman–Crippen LogP) is 2.09. The lowest BCUT2D eigenvalue weighted by atomic mass is 10.1. The van der Waals surface area contributed by atoms with Crippen molar-refractivity contribution in [1.82, 2.24) is 10.6 Å². The molecule has 4 nitrogen and oxygen atoms in total. The molecule has 5 heteroatoms. The monoisotopic (exact) mass is 277 g/mol. The molecule has 1 aromatic carbocycles. The average molecular weight is 277 g/mol. The molecule has 2 N–H and O–H groups in total. The molecule has 0 aliphatic carbocycles. The summed E-state index contributed by atoms with van der Waals surface area (Å²) < 4.78 is 13.5. The van der Waals surface area contributed by atoms with E-state index in [1.54, 1.807) is 0 Å². The number of nitriles is 1. The second kappa shape index (κ2) is 8.28. The highest BCUT2D eigenvalue weighted by atomic mass is 19.1. The molecule has 0 aliphatic heterocycles. The molecule has 1 aromatic rings. The fourth-order valence-corrected chi connectivity index (χ4v) is 1.65. The van der Waals surface area contributed by atoms with Crippen LogP contribution in [0.4, 0.5) is 4.39 Å². The lowest BCUT2D eigenvalue weighted by Crippen LogP contribution is -2.33. The van der Waals surface area contributed by atoms with E-state index in [0.29, 0.717) is 30.6 Å². The Morgan fingerprint density at radius 1 is 1.50 bits per heavy atom. The fourth-order valence-electron chi connectivity index (χ4n) is 1.65. The second-order valence-corrected chi connectivity index (χ2v) is 4.72. The summed E-state index contributed by atoms with van der Waals surface area (Å²) in [6, 6.07) is 6.39. The highest BCUT2D eigenvalue weighted by Gasteiger charge is 2.06. The summed E-state index contributed by atoms with van der Waals surface area (Å²) in [7, 11) is 0. The summed E-state index contributed by atoms with van der Waals surface area (Å²) in [4.78, 5) is 11.5. The van der Waals surface area contributed by atoms with Crippen molar-refractivity contribution in [2.24, 2.45) is 0 Å². The topological polar surface area (TPSA) is 64.9 Å². The molecule has 0 fully saturated rings. The van der Waals surface area contributed by atoms with Crippen molar-refractivity contribution in [3.05, 3.63) is 35.1 Å². The van der Waals surface area contributed by atoms with Gasteiger partial charge in [-0.15, -0.1) is 0 Å². The quantitative estimate of drug-likeness (QED) is 0.750. The van der Waals surface area contributed by atoms with Crippen molar-refractivity contribution in [1.29, 1.82) is 5.26 Å². The van der Waals surface area contributed by atoms with Gasteiger partial charge in [0, 0.05) is 31.1 Å². The molecule has 0 radical (unpaired) electrons. The number of hydrogen-bond donors (Lipinski definition) is 2. The number of amides is 1. The molecule has 0 bridgehead atoms. The second-order valence-electron chi connectivity index (χ2n) is 4.72. The summed E-state index contributed by atoms with van der Waals surface area (Å²) in [5.74, 6) is -0.362. The number of carbonyl (C=O) groups excluding carboxylic acids is 1. The number of carbonyl (C=O) groups is 1. The first-order valence-electron chi connectivity index (χ1n) is 6.75. The van der Waals surface area contributed by atoms with E-state index in [4.69, 9.17) is 5.26 Å². The number of halogens is 1. The van der Waals surface area contributed by atoms with Crippen LogP contribution in [0.5, 0.6) is 0 Å². The van der Waals surface area contributed by atoms with E-state index in [0.717, 1.165) is 6.42 Å². The average Bonchev–Trinajstić information content (AvgIpc) is 2.45. The number of nitrogens with zero attached hydrogens (tertiary/aromatic N) is 1. The van der Waals surface area contributed by atoms with Gasteiger partial charge in [0.1, 0.15) is 5.82 Å². The number of nitrogens with one attached hydrogen (secondary N) is 2. The third kappa shape index (κ3) is 5.37. The van der Waals surface area contributed by atoms with Crippen LogP contribution in [-0.2, 0) is 11.3 Å². The highest BCUT2D eigenvalue weighted by Crippen LogP contribution is 2.09.